The second-order valence-electron chi connectivity index (χ2n) is 7.98. The van der Waals surface area contributed by atoms with Gasteiger partial charge in [0.15, 0.2) is 5.82 Å². The maximum Gasteiger partial charge on any atom is 0.269 e. The average Bonchev–Trinajstić information content (AvgIpc) is 2.88. The van der Waals surface area contributed by atoms with Gasteiger partial charge in [-0.15, -0.1) is 10.2 Å². The number of hydrogen-bond donors (Lipinski definition) is 0. The first kappa shape index (κ1) is 21.9. The number of rotatable bonds is 5. The molecule has 5 rings (SSSR count). The molecule has 4 aromatic rings. The standard InChI is InChI=1S/C24H21N5O4S/c30-29(31)21-7-9-22(10-8-21)34(32,33)28-15-13-27(14-16-28)24-12-11-23(25-26-24)20-6-5-18-3-1-2-4-19(18)17-20/h1-12,17H,13-16H2. The lowest BCUT2D eigenvalue weighted by Crippen LogP contribution is -2.48. The molecular weight excluding hydrogens is 454 g/mol. The molecule has 0 N–H and O–H groups in total. The molecule has 0 atom stereocenters. The van der Waals surface area contributed by atoms with Crippen molar-refractivity contribution in [2.75, 3.05) is 31.1 Å². The molecule has 0 aliphatic carbocycles. The van der Waals surface area contributed by atoms with Gasteiger partial charge in [0.05, 0.1) is 15.5 Å². The summed E-state index contributed by atoms with van der Waals surface area (Å²) < 4.78 is 27.2. The molecule has 0 saturated carbocycles. The van der Waals surface area contributed by atoms with Crippen LogP contribution < -0.4 is 4.90 Å². The van der Waals surface area contributed by atoms with Crippen molar-refractivity contribution >= 4 is 32.3 Å². The zero-order chi connectivity index (χ0) is 23.7. The van der Waals surface area contributed by atoms with Crippen LogP contribution in [0.5, 0.6) is 0 Å². The molecule has 10 heteroatoms. The lowest BCUT2D eigenvalue weighted by atomic mass is 10.1. The first-order valence-electron chi connectivity index (χ1n) is 10.7. The number of benzene rings is 3. The minimum absolute atomic E-state index is 0.0473. The molecule has 0 bridgehead atoms. The van der Waals surface area contributed by atoms with E-state index in [1.807, 2.05) is 35.2 Å². The Morgan fingerprint density at radius 1 is 0.794 bits per heavy atom. The van der Waals surface area contributed by atoms with Gasteiger partial charge in [-0.3, -0.25) is 10.1 Å². The Labute approximate surface area is 196 Å². The second-order valence-corrected chi connectivity index (χ2v) is 9.92. The maximum atomic E-state index is 12.9. The highest BCUT2D eigenvalue weighted by Crippen LogP contribution is 2.25. The van der Waals surface area contributed by atoms with Crippen molar-refractivity contribution < 1.29 is 13.3 Å². The number of nitrogens with zero attached hydrogens (tertiary/aromatic N) is 5. The van der Waals surface area contributed by atoms with Crippen LogP contribution in [0, 0.1) is 10.1 Å². The van der Waals surface area contributed by atoms with Crippen molar-refractivity contribution in [2.24, 2.45) is 0 Å². The molecular formula is C24H21N5O4S. The first-order chi connectivity index (χ1) is 16.4. The number of nitro groups is 1. The minimum atomic E-state index is -3.72. The quantitative estimate of drug-likeness (QED) is 0.320. The molecule has 3 aromatic carbocycles. The molecule has 1 aliphatic heterocycles. The van der Waals surface area contributed by atoms with Gasteiger partial charge >= 0.3 is 0 Å². The van der Waals surface area contributed by atoms with E-state index in [0.717, 1.165) is 22.0 Å². The maximum absolute atomic E-state index is 12.9. The summed E-state index contributed by atoms with van der Waals surface area (Å²) in [7, 11) is -3.72. The Morgan fingerprint density at radius 3 is 2.15 bits per heavy atom. The molecule has 1 saturated heterocycles. The minimum Gasteiger partial charge on any atom is -0.352 e. The third-order valence-corrected chi connectivity index (χ3v) is 7.86. The summed E-state index contributed by atoms with van der Waals surface area (Å²) in [6.45, 7) is 1.51. The molecule has 172 valence electrons. The van der Waals surface area contributed by atoms with Crippen LogP contribution in [-0.2, 0) is 10.0 Å². The van der Waals surface area contributed by atoms with Crippen LogP contribution in [0.3, 0.4) is 0 Å². The van der Waals surface area contributed by atoms with Gasteiger partial charge in [0.1, 0.15) is 0 Å². The SMILES string of the molecule is O=[N+]([O-])c1ccc(S(=O)(=O)N2CCN(c3ccc(-c4ccc5ccccc5c4)nn3)CC2)cc1. The Bertz CT molecular complexity index is 1450. The predicted molar refractivity (Wildman–Crippen MR) is 129 cm³/mol. The second kappa shape index (κ2) is 8.81. The van der Waals surface area contributed by atoms with E-state index in [1.165, 1.54) is 28.6 Å². The highest BCUT2D eigenvalue weighted by atomic mass is 32.2. The zero-order valence-electron chi connectivity index (χ0n) is 18.1. The highest BCUT2D eigenvalue weighted by molar-refractivity contribution is 7.89. The van der Waals surface area contributed by atoms with Gasteiger partial charge in [0.25, 0.3) is 5.69 Å². The highest BCUT2D eigenvalue weighted by Gasteiger charge is 2.29. The van der Waals surface area contributed by atoms with Crippen LogP contribution in [-0.4, -0.2) is 54.0 Å². The Balaban J connectivity index is 1.26. The molecule has 1 aliphatic rings. The fraction of sp³-hybridized carbons (Fsp3) is 0.167. The van der Waals surface area contributed by atoms with Crippen molar-refractivity contribution in [3.8, 4) is 11.3 Å². The largest absolute Gasteiger partial charge is 0.352 e. The molecule has 0 radical (unpaired) electrons. The van der Waals surface area contributed by atoms with Gasteiger partial charge in [-0.1, -0.05) is 36.4 Å². The van der Waals surface area contributed by atoms with E-state index < -0.39 is 14.9 Å². The summed E-state index contributed by atoms with van der Waals surface area (Å²) >= 11 is 0. The third kappa shape index (κ3) is 4.20. The molecule has 1 fully saturated rings. The van der Waals surface area contributed by atoms with E-state index in [0.29, 0.717) is 18.9 Å². The van der Waals surface area contributed by atoms with Crippen molar-refractivity contribution in [3.05, 3.63) is 89.0 Å². The number of non-ortho nitro benzene ring substituents is 1. The van der Waals surface area contributed by atoms with Crippen LogP contribution in [0.1, 0.15) is 0 Å². The lowest BCUT2D eigenvalue weighted by Gasteiger charge is -2.34. The first-order valence-corrected chi connectivity index (χ1v) is 12.2. The summed E-state index contributed by atoms with van der Waals surface area (Å²) in [6, 6.07) is 23.1. The topological polar surface area (TPSA) is 110 Å². The number of piperazine rings is 1. The third-order valence-electron chi connectivity index (χ3n) is 5.94. The molecule has 9 nitrogen and oxygen atoms in total. The van der Waals surface area contributed by atoms with Crippen LogP contribution in [0.2, 0.25) is 0 Å². The summed E-state index contributed by atoms with van der Waals surface area (Å²) in [5.41, 5.74) is 1.61. The van der Waals surface area contributed by atoms with E-state index in [2.05, 4.69) is 34.5 Å². The van der Waals surface area contributed by atoms with Crippen molar-refractivity contribution in [1.82, 2.24) is 14.5 Å². The fourth-order valence-corrected chi connectivity index (χ4v) is 5.47. The van der Waals surface area contributed by atoms with E-state index in [-0.39, 0.29) is 23.7 Å². The van der Waals surface area contributed by atoms with Crippen molar-refractivity contribution in [3.63, 3.8) is 0 Å². The van der Waals surface area contributed by atoms with E-state index in [9.17, 15) is 18.5 Å². The fourth-order valence-electron chi connectivity index (χ4n) is 4.04. The van der Waals surface area contributed by atoms with E-state index in [1.54, 1.807) is 0 Å². The van der Waals surface area contributed by atoms with Gasteiger partial charge in [-0.25, -0.2) is 8.42 Å². The normalized spacial score (nSPS) is 14.9. The number of nitro benzene ring substituents is 1. The van der Waals surface area contributed by atoms with Crippen LogP contribution >= 0.6 is 0 Å². The summed E-state index contributed by atoms with van der Waals surface area (Å²) in [6.07, 6.45) is 0. The van der Waals surface area contributed by atoms with Crippen LogP contribution in [0.15, 0.2) is 83.8 Å². The Kier molecular flexibility index (Phi) is 5.68. The van der Waals surface area contributed by atoms with Gasteiger partial charge in [0, 0.05) is 43.9 Å². The smallest absolute Gasteiger partial charge is 0.269 e. The van der Waals surface area contributed by atoms with Gasteiger partial charge in [-0.05, 0) is 41.1 Å². The molecule has 0 amide bonds. The number of hydrogen-bond acceptors (Lipinski definition) is 7. The molecule has 2 heterocycles. The molecule has 34 heavy (non-hydrogen) atoms. The summed E-state index contributed by atoms with van der Waals surface area (Å²) in [4.78, 5) is 12.3. The number of aromatic nitrogens is 2. The molecule has 1 aromatic heterocycles. The number of fused-ring (bicyclic) bond motifs is 1. The van der Waals surface area contributed by atoms with Gasteiger partial charge in [0.2, 0.25) is 10.0 Å². The summed E-state index contributed by atoms with van der Waals surface area (Å²) in [5, 5.41) is 21.9. The summed E-state index contributed by atoms with van der Waals surface area (Å²) in [5.74, 6) is 0.692. The van der Waals surface area contributed by atoms with E-state index >= 15 is 0 Å². The predicted octanol–water partition coefficient (Wildman–Crippen LogP) is 3.72. The Morgan fingerprint density at radius 2 is 1.50 bits per heavy atom. The molecule has 0 spiro atoms. The van der Waals surface area contributed by atoms with E-state index in [4.69, 9.17) is 0 Å². The monoisotopic (exact) mass is 475 g/mol. The number of anilines is 1. The van der Waals surface area contributed by atoms with Gasteiger partial charge in [-0.2, -0.15) is 4.31 Å². The van der Waals surface area contributed by atoms with Crippen LogP contribution in [0.25, 0.3) is 22.0 Å². The number of sulfonamides is 1. The lowest BCUT2D eigenvalue weighted by molar-refractivity contribution is -0.384. The zero-order valence-corrected chi connectivity index (χ0v) is 18.9. The van der Waals surface area contributed by atoms with Crippen molar-refractivity contribution in [1.29, 1.82) is 0 Å². The van der Waals surface area contributed by atoms with Crippen molar-refractivity contribution in [2.45, 2.75) is 4.90 Å². The van der Waals surface area contributed by atoms with Crippen LogP contribution in [0.4, 0.5) is 11.5 Å². The molecule has 0 unspecified atom stereocenters. The average molecular weight is 476 g/mol. The van der Waals surface area contributed by atoms with Gasteiger partial charge < -0.3 is 4.90 Å². The Hall–Kier alpha value is -3.89.